The van der Waals surface area contributed by atoms with Crippen molar-refractivity contribution < 1.29 is 9.53 Å². The molecule has 156 valence electrons. The summed E-state index contributed by atoms with van der Waals surface area (Å²) in [5.74, 6) is 1.23. The highest BCUT2D eigenvalue weighted by atomic mass is 16.5. The number of aromatic nitrogens is 4. The second-order valence-electron chi connectivity index (χ2n) is 7.92. The van der Waals surface area contributed by atoms with Gasteiger partial charge in [0.2, 0.25) is 0 Å². The third kappa shape index (κ3) is 3.48. The number of hydrogen-bond acceptors (Lipinski definition) is 4. The molecule has 2 aromatic carbocycles. The van der Waals surface area contributed by atoms with Crippen LogP contribution in [0.25, 0.3) is 11.1 Å². The first-order valence-electron chi connectivity index (χ1n) is 10.2. The van der Waals surface area contributed by atoms with Gasteiger partial charge in [-0.25, -0.2) is 0 Å². The molecule has 2 aromatic heterocycles. The number of amides is 1. The largest absolute Gasteiger partial charge is 0.453 e. The number of benzene rings is 2. The number of hydrogen-bond donors (Lipinski definition) is 1. The van der Waals surface area contributed by atoms with Crippen LogP contribution in [0.3, 0.4) is 0 Å². The number of fused-ring (bicyclic) bond motifs is 1. The van der Waals surface area contributed by atoms with Crippen LogP contribution in [0, 0.1) is 13.8 Å². The molecule has 3 heterocycles. The molecule has 1 aliphatic heterocycles. The Morgan fingerprint density at radius 2 is 1.90 bits per heavy atom. The molecule has 0 radical (unpaired) electrons. The monoisotopic (exact) mass is 413 g/mol. The van der Waals surface area contributed by atoms with E-state index >= 15 is 0 Å². The molecule has 4 aromatic rings. The lowest BCUT2D eigenvalue weighted by atomic mass is 10.1. The highest BCUT2D eigenvalue weighted by Crippen LogP contribution is 2.36. The molecular formula is C24H23N5O2. The van der Waals surface area contributed by atoms with Gasteiger partial charge in [0.05, 0.1) is 17.5 Å². The van der Waals surface area contributed by atoms with Gasteiger partial charge in [-0.15, -0.1) is 0 Å². The van der Waals surface area contributed by atoms with E-state index in [1.807, 2.05) is 56.4 Å². The maximum atomic E-state index is 13.2. The molecule has 0 saturated heterocycles. The summed E-state index contributed by atoms with van der Waals surface area (Å²) in [6, 6.07) is 14.0. The van der Waals surface area contributed by atoms with Crippen molar-refractivity contribution in [3.05, 3.63) is 82.9 Å². The van der Waals surface area contributed by atoms with E-state index in [0.29, 0.717) is 30.2 Å². The Bertz CT molecular complexity index is 1250. The van der Waals surface area contributed by atoms with Gasteiger partial charge < -0.3 is 9.64 Å². The van der Waals surface area contributed by atoms with Crippen LogP contribution in [0.2, 0.25) is 0 Å². The van der Waals surface area contributed by atoms with Crippen LogP contribution in [0.1, 0.15) is 32.9 Å². The lowest BCUT2D eigenvalue weighted by molar-refractivity contribution is 0.0765. The Morgan fingerprint density at radius 3 is 2.58 bits per heavy atom. The minimum absolute atomic E-state index is 0.0132. The van der Waals surface area contributed by atoms with Gasteiger partial charge in [-0.3, -0.25) is 14.6 Å². The maximum absolute atomic E-state index is 13.2. The summed E-state index contributed by atoms with van der Waals surface area (Å²) < 4.78 is 7.90. The molecule has 31 heavy (non-hydrogen) atoms. The van der Waals surface area contributed by atoms with Crippen LogP contribution in [0.4, 0.5) is 0 Å². The molecule has 5 rings (SSSR count). The topological polar surface area (TPSA) is 76.0 Å². The molecule has 0 atom stereocenters. The van der Waals surface area contributed by atoms with Crippen molar-refractivity contribution >= 4 is 5.91 Å². The van der Waals surface area contributed by atoms with Gasteiger partial charge >= 0.3 is 0 Å². The normalized spacial score (nSPS) is 13.0. The quantitative estimate of drug-likeness (QED) is 0.527. The molecule has 0 bridgehead atoms. The third-order valence-electron chi connectivity index (χ3n) is 5.61. The lowest BCUT2D eigenvalue weighted by Gasteiger charge is -2.16. The molecule has 0 fully saturated rings. The van der Waals surface area contributed by atoms with E-state index in [-0.39, 0.29) is 5.91 Å². The van der Waals surface area contributed by atoms with E-state index in [4.69, 9.17) is 4.74 Å². The molecule has 7 heteroatoms. The van der Waals surface area contributed by atoms with Crippen molar-refractivity contribution in [3.63, 3.8) is 0 Å². The maximum Gasteiger partial charge on any atom is 0.258 e. The van der Waals surface area contributed by atoms with Crippen molar-refractivity contribution in [2.24, 2.45) is 7.05 Å². The highest BCUT2D eigenvalue weighted by Gasteiger charge is 2.31. The smallest absolute Gasteiger partial charge is 0.258 e. The first-order valence-corrected chi connectivity index (χ1v) is 10.2. The van der Waals surface area contributed by atoms with Crippen molar-refractivity contribution in [3.8, 4) is 22.6 Å². The van der Waals surface area contributed by atoms with Crippen molar-refractivity contribution in [2.75, 3.05) is 0 Å². The Morgan fingerprint density at radius 1 is 1.10 bits per heavy atom. The number of aromatic amines is 1. The van der Waals surface area contributed by atoms with E-state index in [0.717, 1.165) is 33.6 Å². The van der Waals surface area contributed by atoms with Gasteiger partial charge in [-0.05, 0) is 36.6 Å². The first-order chi connectivity index (χ1) is 15.0. The van der Waals surface area contributed by atoms with Gasteiger partial charge in [0.1, 0.15) is 11.4 Å². The van der Waals surface area contributed by atoms with E-state index in [1.165, 1.54) is 0 Å². The van der Waals surface area contributed by atoms with Gasteiger partial charge in [-0.1, -0.05) is 36.4 Å². The molecule has 7 nitrogen and oxygen atoms in total. The molecule has 0 unspecified atom stereocenters. The summed E-state index contributed by atoms with van der Waals surface area (Å²) in [4.78, 5) is 15.1. The van der Waals surface area contributed by atoms with Gasteiger partial charge in [-0.2, -0.15) is 10.2 Å². The number of ether oxygens (including phenoxy) is 1. The number of nitrogens with one attached hydrogen (secondary N) is 1. The van der Waals surface area contributed by atoms with E-state index in [9.17, 15) is 4.79 Å². The summed E-state index contributed by atoms with van der Waals surface area (Å²) in [5.41, 5.74) is 6.48. The second-order valence-corrected chi connectivity index (χ2v) is 7.92. The zero-order valence-corrected chi connectivity index (χ0v) is 17.7. The molecule has 1 aliphatic rings. The van der Waals surface area contributed by atoms with Crippen LogP contribution < -0.4 is 4.74 Å². The average Bonchev–Trinajstić information content (AvgIpc) is 3.43. The number of carbonyl (C=O) groups excluding carboxylic acids is 1. The van der Waals surface area contributed by atoms with Crippen LogP contribution in [0.5, 0.6) is 11.5 Å². The average molecular weight is 413 g/mol. The molecular weight excluding hydrogens is 390 g/mol. The standard InChI is InChI=1S/C24H23N5O2/c1-15-23(16(2)27-26-15)31-21-6-4-5-19-14-29(24(30)22(19)21)12-17-7-9-18(10-8-17)20-11-25-28(3)13-20/h4-11,13H,12,14H2,1-3H3,(H,26,27). The Balaban J connectivity index is 1.36. The number of nitrogens with zero attached hydrogens (tertiary/aromatic N) is 4. The Hall–Kier alpha value is -3.87. The highest BCUT2D eigenvalue weighted by molar-refractivity contribution is 6.01. The third-order valence-corrected chi connectivity index (χ3v) is 5.61. The summed E-state index contributed by atoms with van der Waals surface area (Å²) in [7, 11) is 1.90. The fourth-order valence-corrected chi connectivity index (χ4v) is 3.99. The van der Waals surface area contributed by atoms with E-state index < -0.39 is 0 Å². The van der Waals surface area contributed by atoms with Crippen molar-refractivity contribution in [1.82, 2.24) is 24.9 Å². The Kier molecular flexibility index (Phi) is 4.58. The molecule has 1 amide bonds. The van der Waals surface area contributed by atoms with Crippen LogP contribution in [-0.4, -0.2) is 30.8 Å². The molecule has 1 N–H and O–H groups in total. The Labute approximate surface area is 180 Å². The molecule has 0 saturated carbocycles. The van der Waals surface area contributed by atoms with Crippen LogP contribution in [-0.2, 0) is 20.1 Å². The second kappa shape index (κ2) is 7.43. The van der Waals surface area contributed by atoms with E-state index in [1.54, 1.807) is 4.68 Å². The number of carbonyl (C=O) groups is 1. The number of H-pyrrole nitrogens is 1. The predicted octanol–water partition coefficient (Wildman–Crippen LogP) is 4.38. The summed E-state index contributed by atoms with van der Waals surface area (Å²) in [6.07, 6.45) is 3.83. The first kappa shape index (κ1) is 19.1. The SMILES string of the molecule is Cc1n[nH]c(C)c1Oc1cccc2c1C(=O)N(Cc1ccc(-c3cnn(C)c3)cc1)C2. The number of rotatable bonds is 5. The van der Waals surface area contributed by atoms with Gasteiger partial charge in [0.25, 0.3) is 5.91 Å². The number of aryl methyl sites for hydroxylation is 3. The zero-order valence-electron chi connectivity index (χ0n) is 17.7. The molecule has 0 aliphatic carbocycles. The molecule has 0 spiro atoms. The summed E-state index contributed by atoms with van der Waals surface area (Å²) in [5, 5.41) is 11.3. The zero-order chi connectivity index (χ0) is 21.5. The summed E-state index contributed by atoms with van der Waals surface area (Å²) >= 11 is 0. The van der Waals surface area contributed by atoms with Crippen molar-refractivity contribution in [1.29, 1.82) is 0 Å². The minimum Gasteiger partial charge on any atom is -0.453 e. The van der Waals surface area contributed by atoms with Crippen LogP contribution >= 0.6 is 0 Å². The van der Waals surface area contributed by atoms with Gasteiger partial charge in [0.15, 0.2) is 5.75 Å². The fourth-order valence-electron chi connectivity index (χ4n) is 3.99. The van der Waals surface area contributed by atoms with Crippen LogP contribution in [0.15, 0.2) is 54.9 Å². The van der Waals surface area contributed by atoms with E-state index in [2.05, 4.69) is 39.6 Å². The minimum atomic E-state index is -0.0132. The van der Waals surface area contributed by atoms with Gasteiger partial charge in [0, 0.05) is 31.9 Å². The summed E-state index contributed by atoms with van der Waals surface area (Å²) in [6.45, 7) is 4.90. The fraction of sp³-hybridized carbons (Fsp3) is 0.208. The lowest BCUT2D eigenvalue weighted by Crippen LogP contribution is -2.23. The predicted molar refractivity (Wildman–Crippen MR) is 117 cm³/mol. The van der Waals surface area contributed by atoms with Crippen molar-refractivity contribution in [2.45, 2.75) is 26.9 Å².